The van der Waals surface area contributed by atoms with E-state index in [1.807, 2.05) is 6.07 Å². The van der Waals surface area contributed by atoms with Crippen molar-refractivity contribution >= 4 is 33.5 Å². The van der Waals surface area contributed by atoms with Crippen LogP contribution in [0.2, 0.25) is 0 Å². The van der Waals surface area contributed by atoms with Crippen LogP contribution in [0.25, 0.3) is 0 Å². The molecule has 1 heterocycles. The topological polar surface area (TPSA) is 36.4 Å². The molecule has 1 aliphatic rings. The van der Waals surface area contributed by atoms with Crippen LogP contribution in [-0.2, 0) is 6.54 Å². The van der Waals surface area contributed by atoms with Crippen molar-refractivity contribution in [1.82, 2.24) is 10.6 Å². The van der Waals surface area contributed by atoms with Crippen LogP contribution < -0.4 is 10.6 Å². The highest BCUT2D eigenvalue weighted by Crippen LogP contribution is 2.09. The number of hydrogen-bond acceptors (Lipinski definition) is 4. The first kappa shape index (κ1) is 15.3. The molecule has 0 saturated heterocycles. The first-order valence-corrected chi connectivity index (χ1v) is 8.35. The molecule has 0 unspecified atom stereocenters. The Morgan fingerprint density at radius 1 is 1.15 bits per heavy atom. The van der Waals surface area contributed by atoms with Gasteiger partial charge in [-0.25, -0.2) is 0 Å². The second-order valence-electron chi connectivity index (χ2n) is 4.76. The predicted molar refractivity (Wildman–Crippen MR) is 92.2 cm³/mol. The van der Waals surface area contributed by atoms with Crippen LogP contribution >= 0.6 is 24.0 Å². The maximum atomic E-state index is 5.34. The quantitative estimate of drug-likeness (QED) is 0.822. The first-order chi connectivity index (χ1) is 9.84. The van der Waals surface area contributed by atoms with E-state index < -0.39 is 0 Å². The molecule has 1 aromatic rings. The first-order valence-electron chi connectivity index (χ1n) is 7.12. The Bertz CT molecular complexity index is 446. The summed E-state index contributed by atoms with van der Waals surface area (Å²) in [6.45, 7) is 2.64. The zero-order valence-electron chi connectivity index (χ0n) is 11.6. The number of amidine groups is 1. The van der Waals surface area contributed by atoms with Crippen molar-refractivity contribution in [1.29, 1.82) is 0 Å². The van der Waals surface area contributed by atoms with Crippen LogP contribution in [0.15, 0.2) is 35.3 Å². The van der Waals surface area contributed by atoms with Crippen molar-refractivity contribution in [3.05, 3.63) is 35.9 Å². The minimum atomic E-state index is 0.787. The van der Waals surface area contributed by atoms with Gasteiger partial charge in [0.05, 0.1) is 0 Å². The Labute approximate surface area is 130 Å². The fourth-order valence-electron chi connectivity index (χ4n) is 1.98. The molecule has 1 aromatic carbocycles. The molecular weight excluding hydrogens is 286 g/mol. The van der Waals surface area contributed by atoms with Gasteiger partial charge in [0, 0.05) is 19.6 Å². The third-order valence-corrected chi connectivity index (χ3v) is 4.28. The lowest BCUT2D eigenvalue weighted by Gasteiger charge is -2.11. The molecule has 0 spiro atoms. The Morgan fingerprint density at radius 2 is 1.95 bits per heavy atom. The van der Waals surface area contributed by atoms with Gasteiger partial charge in [-0.1, -0.05) is 55.4 Å². The van der Waals surface area contributed by atoms with E-state index in [1.165, 1.54) is 36.6 Å². The lowest BCUT2D eigenvalue weighted by atomic mass is 10.2. The fourth-order valence-corrected chi connectivity index (χ4v) is 2.97. The van der Waals surface area contributed by atoms with Gasteiger partial charge in [0.15, 0.2) is 5.17 Å². The van der Waals surface area contributed by atoms with E-state index in [-0.39, 0.29) is 0 Å². The van der Waals surface area contributed by atoms with E-state index in [0.717, 1.165) is 35.5 Å². The van der Waals surface area contributed by atoms with Crippen molar-refractivity contribution in [2.24, 2.45) is 4.99 Å². The number of hydrogen-bond donors (Lipinski definition) is 2. The third-order valence-electron chi connectivity index (χ3n) is 3.09. The molecule has 0 aromatic heterocycles. The molecule has 1 aliphatic heterocycles. The minimum Gasteiger partial charge on any atom is -0.371 e. The summed E-state index contributed by atoms with van der Waals surface area (Å²) in [5, 5.41) is 7.60. The van der Waals surface area contributed by atoms with Gasteiger partial charge in [-0.05, 0) is 30.2 Å². The molecule has 0 saturated carbocycles. The Morgan fingerprint density at radius 3 is 2.80 bits per heavy atom. The lowest BCUT2D eigenvalue weighted by Crippen LogP contribution is -2.26. The second-order valence-corrected chi connectivity index (χ2v) is 6.42. The van der Waals surface area contributed by atoms with E-state index in [2.05, 4.69) is 39.9 Å². The van der Waals surface area contributed by atoms with Crippen LogP contribution in [-0.4, -0.2) is 22.6 Å². The summed E-state index contributed by atoms with van der Waals surface area (Å²) in [5.41, 5.74) is 1.25. The van der Waals surface area contributed by atoms with Gasteiger partial charge in [0.1, 0.15) is 4.32 Å². The van der Waals surface area contributed by atoms with Crippen molar-refractivity contribution < 1.29 is 0 Å². The predicted octanol–water partition coefficient (Wildman–Crippen LogP) is 3.31. The second kappa shape index (κ2) is 8.97. The van der Waals surface area contributed by atoms with Crippen LogP contribution in [0.4, 0.5) is 0 Å². The normalized spacial score (nSPS) is 17.6. The van der Waals surface area contributed by atoms with E-state index >= 15 is 0 Å². The minimum absolute atomic E-state index is 0.787. The maximum absolute atomic E-state index is 5.34. The summed E-state index contributed by atoms with van der Waals surface area (Å²) in [5.74, 6) is 0. The van der Waals surface area contributed by atoms with Crippen molar-refractivity contribution in [2.45, 2.75) is 32.2 Å². The Balaban J connectivity index is 1.90. The lowest BCUT2D eigenvalue weighted by molar-refractivity contribution is 0.640. The monoisotopic (exact) mass is 307 g/mol. The van der Waals surface area contributed by atoms with Crippen molar-refractivity contribution in [3.63, 3.8) is 0 Å². The number of thioether (sulfide) groups is 1. The van der Waals surface area contributed by atoms with Crippen LogP contribution in [0.3, 0.4) is 0 Å². The smallest absolute Gasteiger partial charge is 0.163 e. The number of benzene rings is 1. The molecule has 20 heavy (non-hydrogen) atoms. The third kappa shape index (κ3) is 5.92. The molecular formula is C15H21N3S2. The van der Waals surface area contributed by atoms with Gasteiger partial charge >= 0.3 is 0 Å². The van der Waals surface area contributed by atoms with Crippen LogP contribution in [0.1, 0.15) is 31.2 Å². The largest absolute Gasteiger partial charge is 0.371 e. The van der Waals surface area contributed by atoms with E-state index in [4.69, 9.17) is 12.2 Å². The van der Waals surface area contributed by atoms with Gasteiger partial charge in [-0.15, -0.1) is 0 Å². The Hall–Kier alpha value is -1.07. The van der Waals surface area contributed by atoms with E-state index in [9.17, 15) is 0 Å². The molecule has 2 rings (SSSR count). The molecule has 0 atom stereocenters. The van der Waals surface area contributed by atoms with Gasteiger partial charge < -0.3 is 10.6 Å². The molecule has 108 valence electrons. The number of aliphatic imine (C=N–C) groups is 1. The summed E-state index contributed by atoms with van der Waals surface area (Å²) in [4.78, 5) is 4.63. The molecule has 0 fully saturated rings. The van der Waals surface area contributed by atoms with Gasteiger partial charge in [-0.2, -0.15) is 0 Å². The SMILES string of the molecule is S=C1NCCCCCCN=C(NCc2ccccc2)S1. The Kier molecular flexibility index (Phi) is 6.88. The average Bonchev–Trinajstić information content (AvgIpc) is 2.52. The standard InChI is InChI=1S/C15H21N3S2/c19-15-17-11-7-2-1-6-10-16-14(20-15)18-12-13-8-4-3-5-9-13/h3-5,8-9H,1-2,6-7,10-12H2,(H,16,18)(H,17,19). The molecule has 0 bridgehead atoms. The summed E-state index contributed by atoms with van der Waals surface area (Å²) in [6.07, 6.45) is 4.84. The number of nitrogens with one attached hydrogen (secondary N) is 2. The molecule has 3 nitrogen and oxygen atoms in total. The maximum Gasteiger partial charge on any atom is 0.163 e. The average molecular weight is 307 g/mol. The highest BCUT2D eigenvalue weighted by atomic mass is 32.2. The van der Waals surface area contributed by atoms with Crippen LogP contribution in [0.5, 0.6) is 0 Å². The van der Waals surface area contributed by atoms with Gasteiger partial charge in [-0.3, -0.25) is 4.99 Å². The van der Waals surface area contributed by atoms with E-state index in [0.29, 0.717) is 0 Å². The van der Waals surface area contributed by atoms with Gasteiger partial charge in [0.25, 0.3) is 0 Å². The van der Waals surface area contributed by atoms with Crippen LogP contribution in [0, 0.1) is 0 Å². The molecule has 0 radical (unpaired) electrons. The van der Waals surface area contributed by atoms with Gasteiger partial charge in [0.2, 0.25) is 0 Å². The highest BCUT2D eigenvalue weighted by molar-refractivity contribution is 8.32. The fraction of sp³-hybridized carbons (Fsp3) is 0.467. The molecule has 5 heteroatoms. The molecule has 0 amide bonds. The number of rotatable bonds is 2. The number of nitrogens with zero attached hydrogens (tertiary/aromatic N) is 1. The molecule has 2 N–H and O–H groups in total. The zero-order chi connectivity index (χ0) is 14.0. The zero-order valence-corrected chi connectivity index (χ0v) is 13.2. The van der Waals surface area contributed by atoms with E-state index in [1.54, 1.807) is 0 Å². The number of thiocarbonyl (C=S) groups is 1. The summed E-state index contributed by atoms with van der Waals surface area (Å²) < 4.78 is 0.811. The summed E-state index contributed by atoms with van der Waals surface area (Å²) in [6, 6.07) is 10.4. The highest BCUT2D eigenvalue weighted by Gasteiger charge is 2.06. The van der Waals surface area contributed by atoms with Crippen molar-refractivity contribution in [2.75, 3.05) is 13.1 Å². The summed E-state index contributed by atoms with van der Waals surface area (Å²) in [7, 11) is 0. The van der Waals surface area contributed by atoms with Crippen molar-refractivity contribution in [3.8, 4) is 0 Å². The summed E-state index contributed by atoms with van der Waals surface area (Å²) >= 11 is 6.87. The molecule has 0 aliphatic carbocycles.